The van der Waals surface area contributed by atoms with Gasteiger partial charge in [-0.2, -0.15) is 0 Å². The van der Waals surface area contributed by atoms with Crippen molar-refractivity contribution in [2.45, 2.75) is 13.8 Å². The lowest BCUT2D eigenvalue weighted by Gasteiger charge is -2.20. The first-order valence-electron chi connectivity index (χ1n) is 4.49. The summed E-state index contributed by atoms with van der Waals surface area (Å²) in [7, 11) is 0. The first-order chi connectivity index (χ1) is 6.82. The predicted molar refractivity (Wildman–Crippen MR) is 51.6 cm³/mol. The van der Waals surface area contributed by atoms with Gasteiger partial charge in [0.25, 0.3) is 0 Å². The van der Waals surface area contributed by atoms with Gasteiger partial charge in [0, 0.05) is 6.54 Å². The zero-order valence-corrected chi connectivity index (χ0v) is 8.77. The number of Topliss-reactive ketones (excluding diaryl/α,β-unsaturated/α-hetero) is 1. The van der Waals surface area contributed by atoms with E-state index < -0.39 is 17.9 Å². The molecule has 6 heteroatoms. The third-order valence-corrected chi connectivity index (χ3v) is 1.76. The van der Waals surface area contributed by atoms with Crippen molar-refractivity contribution in [1.82, 2.24) is 4.90 Å². The Morgan fingerprint density at radius 2 is 1.73 bits per heavy atom. The zero-order valence-electron chi connectivity index (χ0n) is 8.77. The summed E-state index contributed by atoms with van der Waals surface area (Å²) in [4.78, 5) is 33.1. The van der Waals surface area contributed by atoms with E-state index in [1.54, 1.807) is 0 Å². The van der Waals surface area contributed by atoms with Crippen molar-refractivity contribution in [1.29, 1.82) is 0 Å². The summed E-state index contributed by atoms with van der Waals surface area (Å²) in [6.45, 7) is 2.50. The maximum atomic E-state index is 10.8. The minimum atomic E-state index is -1.08. The van der Waals surface area contributed by atoms with Crippen LogP contribution in [0.25, 0.3) is 0 Å². The van der Waals surface area contributed by atoms with E-state index in [9.17, 15) is 14.4 Å². The molecule has 86 valence electrons. The zero-order chi connectivity index (χ0) is 12.0. The normalized spacial score (nSPS) is 12.5. The monoisotopic (exact) mass is 217 g/mol. The Labute approximate surface area is 87.5 Å². The minimum absolute atomic E-state index is 0.0378. The second-order valence-electron chi connectivity index (χ2n) is 3.50. The highest BCUT2D eigenvalue weighted by molar-refractivity contribution is 5.78. The van der Waals surface area contributed by atoms with Crippen LogP contribution in [0.1, 0.15) is 13.8 Å². The van der Waals surface area contributed by atoms with E-state index in [-0.39, 0.29) is 25.4 Å². The molecule has 2 N–H and O–H groups in total. The molecule has 0 heterocycles. The molecule has 15 heavy (non-hydrogen) atoms. The van der Waals surface area contributed by atoms with Crippen LogP contribution in [0.4, 0.5) is 0 Å². The van der Waals surface area contributed by atoms with Gasteiger partial charge < -0.3 is 10.2 Å². The van der Waals surface area contributed by atoms with Crippen LogP contribution in [0.15, 0.2) is 0 Å². The lowest BCUT2D eigenvalue weighted by atomic mass is 10.1. The fourth-order valence-corrected chi connectivity index (χ4v) is 1.16. The van der Waals surface area contributed by atoms with Gasteiger partial charge in [-0.3, -0.25) is 19.3 Å². The summed E-state index contributed by atoms with van der Waals surface area (Å²) >= 11 is 0. The molecule has 0 bridgehead atoms. The van der Waals surface area contributed by atoms with Crippen molar-refractivity contribution in [3.63, 3.8) is 0 Å². The molecule has 0 aromatic rings. The van der Waals surface area contributed by atoms with E-state index in [1.807, 2.05) is 0 Å². The SMILES string of the molecule is CC(=O)CN(CC(=O)O)CC(C)C(=O)O. The van der Waals surface area contributed by atoms with Gasteiger partial charge in [0.1, 0.15) is 5.78 Å². The van der Waals surface area contributed by atoms with Gasteiger partial charge in [-0.15, -0.1) is 0 Å². The van der Waals surface area contributed by atoms with Gasteiger partial charge in [0.05, 0.1) is 19.0 Å². The second-order valence-corrected chi connectivity index (χ2v) is 3.50. The number of rotatable bonds is 7. The smallest absolute Gasteiger partial charge is 0.317 e. The minimum Gasteiger partial charge on any atom is -0.481 e. The van der Waals surface area contributed by atoms with Gasteiger partial charge in [-0.1, -0.05) is 6.92 Å². The highest BCUT2D eigenvalue weighted by Gasteiger charge is 2.18. The van der Waals surface area contributed by atoms with E-state index in [2.05, 4.69) is 0 Å². The quantitative estimate of drug-likeness (QED) is 0.607. The van der Waals surface area contributed by atoms with Crippen LogP contribution in [-0.2, 0) is 14.4 Å². The van der Waals surface area contributed by atoms with Crippen LogP contribution < -0.4 is 0 Å². The maximum absolute atomic E-state index is 10.8. The van der Waals surface area contributed by atoms with Gasteiger partial charge in [-0.05, 0) is 6.92 Å². The van der Waals surface area contributed by atoms with Crippen LogP contribution in [0, 0.1) is 5.92 Å². The Kier molecular flexibility index (Phi) is 5.54. The molecule has 0 saturated heterocycles. The first kappa shape index (κ1) is 13.6. The second kappa shape index (κ2) is 6.13. The molecule has 0 aliphatic heterocycles. The number of hydrogen-bond donors (Lipinski definition) is 2. The predicted octanol–water partition coefficient (Wildman–Crippen LogP) is -0.317. The molecule has 1 unspecified atom stereocenters. The Hall–Kier alpha value is -1.43. The fourth-order valence-electron chi connectivity index (χ4n) is 1.16. The van der Waals surface area contributed by atoms with Gasteiger partial charge in [0.15, 0.2) is 0 Å². The number of carboxylic acids is 2. The number of aliphatic carboxylic acids is 2. The van der Waals surface area contributed by atoms with E-state index in [0.717, 1.165) is 0 Å². The average Bonchev–Trinajstić information content (AvgIpc) is 2.00. The van der Waals surface area contributed by atoms with Crippen molar-refractivity contribution >= 4 is 17.7 Å². The standard InChI is InChI=1S/C9H15NO5/c1-6(9(14)15)3-10(4-7(2)11)5-8(12)13/h6H,3-5H2,1-2H3,(H,12,13)(H,14,15). The highest BCUT2D eigenvalue weighted by Crippen LogP contribution is 2.00. The summed E-state index contributed by atoms with van der Waals surface area (Å²) in [6.07, 6.45) is 0. The van der Waals surface area contributed by atoms with Crippen molar-refractivity contribution in [3.8, 4) is 0 Å². The van der Waals surface area contributed by atoms with E-state index in [0.29, 0.717) is 0 Å². The molecule has 0 amide bonds. The van der Waals surface area contributed by atoms with Gasteiger partial charge in [0.2, 0.25) is 0 Å². The molecule has 0 spiro atoms. The van der Waals surface area contributed by atoms with E-state index in [4.69, 9.17) is 10.2 Å². The van der Waals surface area contributed by atoms with Crippen molar-refractivity contribution in [2.24, 2.45) is 5.92 Å². The summed E-state index contributed by atoms with van der Waals surface area (Å²) < 4.78 is 0. The van der Waals surface area contributed by atoms with Crippen LogP contribution in [0.5, 0.6) is 0 Å². The van der Waals surface area contributed by atoms with Crippen LogP contribution in [-0.4, -0.2) is 52.5 Å². The number of nitrogens with zero attached hydrogens (tertiary/aromatic N) is 1. The Morgan fingerprint density at radius 1 is 1.20 bits per heavy atom. The molecular formula is C9H15NO5. The summed E-state index contributed by atoms with van der Waals surface area (Å²) in [5.41, 5.74) is 0. The largest absolute Gasteiger partial charge is 0.481 e. The van der Waals surface area contributed by atoms with Gasteiger partial charge >= 0.3 is 11.9 Å². The van der Waals surface area contributed by atoms with E-state index >= 15 is 0 Å². The molecular weight excluding hydrogens is 202 g/mol. The average molecular weight is 217 g/mol. The van der Waals surface area contributed by atoms with Crippen LogP contribution >= 0.6 is 0 Å². The van der Waals surface area contributed by atoms with Gasteiger partial charge in [-0.25, -0.2) is 0 Å². The summed E-state index contributed by atoms with van der Waals surface area (Å²) in [5, 5.41) is 17.2. The lowest BCUT2D eigenvalue weighted by molar-refractivity contribution is -0.144. The first-order valence-corrected chi connectivity index (χ1v) is 4.49. The number of carboxylic acid groups (broad SMARTS) is 2. The van der Waals surface area contributed by atoms with Crippen molar-refractivity contribution in [2.75, 3.05) is 19.6 Å². The molecule has 0 aliphatic rings. The molecule has 0 fully saturated rings. The number of ketones is 1. The summed E-state index contributed by atoms with van der Waals surface area (Å²) in [6, 6.07) is 0. The third-order valence-electron chi connectivity index (χ3n) is 1.76. The fraction of sp³-hybridized carbons (Fsp3) is 0.667. The van der Waals surface area contributed by atoms with E-state index in [1.165, 1.54) is 18.7 Å². The van der Waals surface area contributed by atoms with Crippen molar-refractivity contribution in [3.05, 3.63) is 0 Å². The molecule has 0 radical (unpaired) electrons. The Balaban J connectivity index is 4.29. The Morgan fingerprint density at radius 3 is 2.07 bits per heavy atom. The van der Waals surface area contributed by atoms with Crippen LogP contribution in [0.3, 0.4) is 0 Å². The molecule has 0 aromatic heterocycles. The number of hydrogen-bond acceptors (Lipinski definition) is 4. The third kappa shape index (κ3) is 6.62. The number of carbonyl (C=O) groups is 3. The molecule has 1 atom stereocenters. The highest BCUT2D eigenvalue weighted by atomic mass is 16.4. The molecule has 0 saturated carbocycles. The molecule has 0 aliphatic carbocycles. The molecule has 6 nitrogen and oxygen atoms in total. The van der Waals surface area contributed by atoms with Crippen molar-refractivity contribution < 1.29 is 24.6 Å². The lowest BCUT2D eigenvalue weighted by Crippen LogP contribution is -2.38. The Bertz CT molecular complexity index is 247. The number of carbonyl (C=O) groups excluding carboxylic acids is 1. The topological polar surface area (TPSA) is 94.9 Å². The van der Waals surface area contributed by atoms with Crippen LogP contribution in [0.2, 0.25) is 0 Å². The molecule has 0 rings (SSSR count). The summed E-state index contributed by atoms with van der Waals surface area (Å²) in [5.74, 6) is -2.96. The molecule has 0 aromatic carbocycles. The maximum Gasteiger partial charge on any atom is 0.317 e.